The highest BCUT2D eigenvalue weighted by Gasteiger charge is 2.58. The fourth-order valence-corrected chi connectivity index (χ4v) is 3.17. The molecule has 0 aromatic heterocycles. The van der Waals surface area contributed by atoms with Gasteiger partial charge in [-0.15, -0.1) is 0 Å². The van der Waals surface area contributed by atoms with Gasteiger partial charge >= 0.3 is 0 Å². The van der Waals surface area contributed by atoms with Gasteiger partial charge in [0.25, 0.3) is 0 Å². The summed E-state index contributed by atoms with van der Waals surface area (Å²) in [6.07, 6.45) is 4.13. The lowest BCUT2D eigenvalue weighted by atomic mass is 9.58. The first-order chi connectivity index (χ1) is 6.01. The standard InChI is InChI=1S/C11H18O2/c1-10-6-3-4-8(12)11(10,2)7-5-9(10)13/h8,12H,3-7H2,1-2H3/t8?,10-,11-/m1/s1. The van der Waals surface area contributed by atoms with Crippen LogP contribution in [-0.2, 0) is 4.79 Å². The van der Waals surface area contributed by atoms with Crippen molar-refractivity contribution in [2.45, 2.75) is 52.1 Å². The summed E-state index contributed by atoms with van der Waals surface area (Å²) >= 11 is 0. The summed E-state index contributed by atoms with van der Waals surface area (Å²) in [4.78, 5) is 11.8. The van der Waals surface area contributed by atoms with Gasteiger partial charge in [0, 0.05) is 17.3 Å². The third kappa shape index (κ3) is 0.954. The van der Waals surface area contributed by atoms with Gasteiger partial charge in [-0.05, 0) is 25.7 Å². The molecule has 13 heavy (non-hydrogen) atoms. The molecule has 0 bridgehead atoms. The second-order valence-electron chi connectivity index (χ2n) is 5.08. The molecule has 0 aromatic carbocycles. The Bertz CT molecular complexity index is 248. The minimum Gasteiger partial charge on any atom is -0.393 e. The Balaban J connectivity index is 2.40. The maximum absolute atomic E-state index is 11.8. The van der Waals surface area contributed by atoms with Crippen molar-refractivity contribution in [2.75, 3.05) is 0 Å². The molecule has 2 aliphatic carbocycles. The van der Waals surface area contributed by atoms with Crippen LogP contribution in [0.2, 0.25) is 0 Å². The number of rotatable bonds is 0. The van der Waals surface area contributed by atoms with Crippen LogP contribution < -0.4 is 0 Å². The van der Waals surface area contributed by atoms with Crippen molar-refractivity contribution in [1.29, 1.82) is 0 Å². The third-order valence-corrected chi connectivity index (χ3v) is 4.64. The minimum absolute atomic E-state index is 0.137. The van der Waals surface area contributed by atoms with E-state index in [0.29, 0.717) is 12.2 Å². The van der Waals surface area contributed by atoms with E-state index < -0.39 is 0 Å². The molecule has 2 heteroatoms. The number of ketones is 1. The number of carbonyl (C=O) groups excluding carboxylic acids is 1. The first-order valence-corrected chi connectivity index (χ1v) is 5.22. The van der Waals surface area contributed by atoms with Crippen LogP contribution in [0, 0.1) is 10.8 Å². The average Bonchev–Trinajstić information content (AvgIpc) is 2.31. The molecule has 1 N–H and O–H groups in total. The number of Topliss-reactive ketones (excluding diaryl/α,β-unsaturated/α-hetero) is 1. The highest BCUT2D eigenvalue weighted by molar-refractivity contribution is 5.88. The number of aliphatic hydroxyl groups excluding tert-OH is 1. The number of carbonyl (C=O) groups is 1. The largest absolute Gasteiger partial charge is 0.393 e. The maximum atomic E-state index is 11.8. The van der Waals surface area contributed by atoms with Crippen LogP contribution in [0.1, 0.15) is 46.0 Å². The fraction of sp³-hybridized carbons (Fsp3) is 0.909. The molecule has 2 saturated carbocycles. The number of hydrogen-bond donors (Lipinski definition) is 1. The molecule has 0 radical (unpaired) electrons. The Kier molecular flexibility index (Phi) is 1.82. The Morgan fingerprint density at radius 1 is 1.38 bits per heavy atom. The van der Waals surface area contributed by atoms with E-state index in [0.717, 1.165) is 25.7 Å². The molecule has 0 heterocycles. The van der Waals surface area contributed by atoms with Gasteiger partial charge in [0.15, 0.2) is 0 Å². The van der Waals surface area contributed by atoms with E-state index in [9.17, 15) is 9.90 Å². The van der Waals surface area contributed by atoms with Crippen molar-refractivity contribution in [2.24, 2.45) is 10.8 Å². The zero-order valence-electron chi connectivity index (χ0n) is 8.47. The average molecular weight is 182 g/mol. The predicted molar refractivity (Wildman–Crippen MR) is 50.3 cm³/mol. The lowest BCUT2D eigenvalue weighted by Gasteiger charge is -2.47. The molecule has 2 nitrogen and oxygen atoms in total. The quantitative estimate of drug-likeness (QED) is 0.621. The smallest absolute Gasteiger partial charge is 0.139 e. The van der Waals surface area contributed by atoms with Gasteiger partial charge in [-0.1, -0.05) is 13.8 Å². The van der Waals surface area contributed by atoms with E-state index >= 15 is 0 Å². The van der Waals surface area contributed by atoms with E-state index in [2.05, 4.69) is 6.92 Å². The topological polar surface area (TPSA) is 37.3 Å². The molecule has 2 rings (SSSR count). The van der Waals surface area contributed by atoms with Gasteiger partial charge < -0.3 is 5.11 Å². The summed E-state index contributed by atoms with van der Waals surface area (Å²) in [5.41, 5.74) is -0.368. The predicted octanol–water partition coefficient (Wildman–Crippen LogP) is 1.91. The van der Waals surface area contributed by atoms with Crippen molar-refractivity contribution in [3.63, 3.8) is 0 Å². The lowest BCUT2D eigenvalue weighted by molar-refractivity contribution is -0.138. The molecule has 0 aromatic rings. The van der Waals surface area contributed by atoms with Gasteiger partial charge in [0.2, 0.25) is 0 Å². The lowest BCUT2D eigenvalue weighted by Crippen LogP contribution is -2.48. The molecule has 0 saturated heterocycles. The number of hydrogen-bond acceptors (Lipinski definition) is 2. The summed E-state index contributed by atoms with van der Waals surface area (Å²) < 4.78 is 0. The van der Waals surface area contributed by atoms with Gasteiger partial charge in [0.05, 0.1) is 6.10 Å². The monoisotopic (exact) mass is 182 g/mol. The molecular weight excluding hydrogens is 164 g/mol. The van der Waals surface area contributed by atoms with Crippen molar-refractivity contribution in [1.82, 2.24) is 0 Å². The molecule has 1 unspecified atom stereocenters. The van der Waals surface area contributed by atoms with Crippen LogP contribution in [-0.4, -0.2) is 17.0 Å². The van der Waals surface area contributed by atoms with E-state index in [-0.39, 0.29) is 16.9 Å². The highest BCUT2D eigenvalue weighted by atomic mass is 16.3. The van der Waals surface area contributed by atoms with Gasteiger partial charge in [-0.25, -0.2) is 0 Å². The normalized spacial score (nSPS) is 50.7. The zero-order valence-corrected chi connectivity index (χ0v) is 8.47. The van der Waals surface area contributed by atoms with E-state index in [1.54, 1.807) is 0 Å². The summed E-state index contributed by atoms with van der Waals surface area (Å²) in [6, 6.07) is 0. The Morgan fingerprint density at radius 3 is 2.69 bits per heavy atom. The molecular formula is C11H18O2. The van der Waals surface area contributed by atoms with Crippen LogP contribution >= 0.6 is 0 Å². The molecule has 2 fully saturated rings. The summed E-state index contributed by atoms with van der Waals surface area (Å²) in [5, 5.41) is 9.97. The minimum atomic E-state index is -0.266. The molecule has 0 amide bonds. The molecule has 3 atom stereocenters. The molecule has 2 aliphatic rings. The molecule has 0 aliphatic heterocycles. The van der Waals surface area contributed by atoms with Crippen molar-refractivity contribution >= 4 is 5.78 Å². The van der Waals surface area contributed by atoms with Crippen molar-refractivity contribution in [3.8, 4) is 0 Å². The zero-order chi connectivity index (χ0) is 9.69. The second-order valence-corrected chi connectivity index (χ2v) is 5.08. The van der Waals surface area contributed by atoms with Gasteiger partial charge in [-0.3, -0.25) is 4.79 Å². The molecule has 74 valence electrons. The second kappa shape index (κ2) is 2.57. The first-order valence-electron chi connectivity index (χ1n) is 5.22. The summed E-state index contributed by atoms with van der Waals surface area (Å²) in [5.74, 6) is 0.369. The third-order valence-electron chi connectivity index (χ3n) is 4.64. The summed E-state index contributed by atoms with van der Waals surface area (Å²) in [6.45, 7) is 4.13. The van der Waals surface area contributed by atoms with E-state index in [4.69, 9.17) is 0 Å². The van der Waals surface area contributed by atoms with Crippen LogP contribution in [0.4, 0.5) is 0 Å². The number of aliphatic hydroxyl groups is 1. The van der Waals surface area contributed by atoms with Gasteiger partial charge in [-0.2, -0.15) is 0 Å². The Hall–Kier alpha value is -0.370. The SMILES string of the molecule is C[C@]12CCCC(O)[C@@]1(C)CCC2=O. The van der Waals surface area contributed by atoms with E-state index in [1.165, 1.54) is 0 Å². The number of fused-ring (bicyclic) bond motifs is 1. The molecule has 0 spiro atoms. The first kappa shape index (κ1) is 9.20. The highest BCUT2D eigenvalue weighted by Crippen LogP contribution is 2.58. The van der Waals surface area contributed by atoms with Crippen LogP contribution in [0.25, 0.3) is 0 Å². The maximum Gasteiger partial charge on any atom is 0.139 e. The Labute approximate surface area is 79.3 Å². The summed E-state index contributed by atoms with van der Waals surface area (Å²) in [7, 11) is 0. The fourth-order valence-electron chi connectivity index (χ4n) is 3.17. The van der Waals surface area contributed by atoms with Gasteiger partial charge in [0.1, 0.15) is 5.78 Å². The van der Waals surface area contributed by atoms with Crippen LogP contribution in [0.3, 0.4) is 0 Å². The van der Waals surface area contributed by atoms with E-state index in [1.807, 2.05) is 6.92 Å². The van der Waals surface area contributed by atoms with Crippen molar-refractivity contribution < 1.29 is 9.90 Å². The van der Waals surface area contributed by atoms with Crippen LogP contribution in [0.5, 0.6) is 0 Å². The van der Waals surface area contributed by atoms with Crippen LogP contribution in [0.15, 0.2) is 0 Å². The van der Waals surface area contributed by atoms with Crippen molar-refractivity contribution in [3.05, 3.63) is 0 Å². The Morgan fingerprint density at radius 2 is 2.08 bits per heavy atom.